The Morgan fingerprint density at radius 2 is 1.61 bits per heavy atom. The predicted molar refractivity (Wildman–Crippen MR) is 114 cm³/mol. The molecule has 2 aromatic heterocycles. The molecule has 2 aliphatic heterocycles. The van der Waals surface area contributed by atoms with Gasteiger partial charge >= 0.3 is 5.69 Å². The Morgan fingerprint density at radius 1 is 0.871 bits per heavy atom. The van der Waals surface area contributed by atoms with Gasteiger partial charge in [0.15, 0.2) is 0 Å². The molecule has 2 aliphatic rings. The Hall–Kier alpha value is -4.40. The Morgan fingerprint density at radius 3 is 2.42 bits per heavy atom. The first-order valence-corrected chi connectivity index (χ1v) is 9.72. The second-order valence-corrected chi connectivity index (χ2v) is 7.59. The monoisotopic (exact) mass is 412 g/mol. The number of para-hydroxylation sites is 2. The SMILES string of the molecule is Cc1nn(-c2ccccc2)c2c1[C@@]1(C(=O)Nc3ccccc31)c1c([nH]c(=O)[nH]c1=O)N2. The molecule has 1 spiro atoms. The van der Waals surface area contributed by atoms with Gasteiger partial charge in [-0.1, -0.05) is 36.4 Å². The highest BCUT2D eigenvalue weighted by Gasteiger charge is 2.57. The second kappa shape index (κ2) is 5.82. The number of nitrogens with zero attached hydrogens (tertiary/aromatic N) is 2. The number of carbonyl (C=O) groups excluding carboxylic acids is 1. The maximum atomic E-state index is 13.6. The van der Waals surface area contributed by atoms with E-state index in [0.29, 0.717) is 28.3 Å². The number of aryl methyl sites for hydroxylation is 1. The van der Waals surface area contributed by atoms with E-state index in [2.05, 4.69) is 20.6 Å². The van der Waals surface area contributed by atoms with E-state index in [9.17, 15) is 14.4 Å². The first-order valence-electron chi connectivity index (χ1n) is 9.72. The molecule has 9 nitrogen and oxygen atoms in total. The van der Waals surface area contributed by atoms with Gasteiger partial charge in [0.1, 0.15) is 17.1 Å². The van der Waals surface area contributed by atoms with E-state index in [4.69, 9.17) is 5.10 Å². The number of anilines is 3. The standard InChI is InChI=1S/C22H16N6O3/c1-11-15-18(28(27-11)12-7-3-2-4-8-12)24-17-16(19(29)26-21(31)25-17)22(15)13-9-5-6-10-14(13)23-20(22)30/h2-10H,1H3,(H,23,30)(H3,24,25,26,29,31)/t22-/m1/s1. The smallest absolute Gasteiger partial charge is 0.326 e. The molecule has 0 unspecified atom stereocenters. The van der Waals surface area contributed by atoms with Gasteiger partial charge < -0.3 is 10.6 Å². The van der Waals surface area contributed by atoms with Crippen LogP contribution in [0.25, 0.3) is 5.69 Å². The van der Waals surface area contributed by atoms with Crippen LogP contribution in [0.3, 0.4) is 0 Å². The predicted octanol–water partition coefficient (Wildman–Crippen LogP) is 1.90. The van der Waals surface area contributed by atoms with Crippen molar-refractivity contribution in [3.8, 4) is 5.69 Å². The van der Waals surface area contributed by atoms with Crippen LogP contribution in [-0.4, -0.2) is 25.7 Å². The van der Waals surface area contributed by atoms with Crippen molar-refractivity contribution in [1.82, 2.24) is 19.7 Å². The minimum Gasteiger partial charge on any atom is -0.326 e. The van der Waals surface area contributed by atoms with E-state index in [1.54, 1.807) is 17.7 Å². The Kier molecular flexibility index (Phi) is 3.28. The average Bonchev–Trinajstić information content (AvgIpc) is 3.23. The van der Waals surface area contributed by atoms with Crippen LogP contribution in [0.5, 0.6) is 0 Å². The van der Waals surface area contributed by atoms with E-state index in [1.807, 2.05) is 48.5 Å². The van der Waals surface area contributed by atoms with Crippen molar-refractivity contribution in [3.05, 3.63) is 97.8 Å². The Bertz CT molecular complexity index is 1510. The fourth-order valence-electron chi connectivity index (χ4n) is 4.78. The molecule has 0 saturated carbocycles. The topological polar surface area (TPSA) is 125 Å². The number of hydrogen-bond donors (Lipinski definition) is 4. The molecule has 6 rings (SSSR count). The zero-order valence-corrected chi connectivity index (χ0v) is 16.3. The van der Waals surface area contributed by atoms with Gasteiger partial charge in [-0.3, -0.25) is 19.6 Å². The van der Waals surface area contributed by atoms with Crippen LogP contribution < -0.4 is 21.9 Å². The summed E-state index contributed by atoms with van der Waals surface area (Å²) in [5.74, 6) is 0.320. The summed E-state index contributed by atoms with van der Waals surface area (Å²) in [5.41, 5.74) is 0.579. The number of benzene rings is 2. The van der Waals surface area contributed by atoms with Crippen LogP contribution in [-0.2, 0) is 10.2 Å². The first kappa shape index (κ1) is 17.5. The van der Waals surface area contributed by atoms with Gasteiger partial charge in [0.25, 0.3) is 5.56 Å². The van der Waals surface area contributed by atoms with Crippen molar-refractivity contribution in [2.45, 2.75) is 12.3 Å². The molecule has 1 atom stereocenters. The summed E-state index contributed by atoms with van der Waals surface area (Å²) in [6, 6.07) is 16.7. The molecule has 4 N–H and O–H groups in total. The molecule has 4 heterocycles. The molecule has 1 amide bonds. The molecule has 0 saturated heterocycles. The van der Waals surface area contributed by atoms with Crippen LogP contribution in [0.4, 0.5) is 17.3 Å². The highest BCUT2D eigenvalue weighted by Crippen LogP contribution is 2.54. The van der Waals surface area contributed by atoms with Gasteiger partial charge in [-0.2, -0.15) is 5.10 Å². The highest BCUT2D eigenvalue weighted by atomic mass is 16.2. The lowest BCUT2D eigenvalue weighted by Crippen LogP contribution is -2.46. The van der Waals surface area contributed by atoms with Gasteiger partial charge in [0, 0.05) is 16.8 Å². The third kappa shape index (κ3) is 2.09. The number of aromatic nitrogens is 4. The normalized spacial score (nSPS) is 18.2. The molecule has 0 radical (unpaired) electrons. The van der Waals surface area contributed by atoms with Gasteiger partial charge in [0.05, 0.1) is 16.9 Å². The van der Waals surface area contributed by atoms with E-state index >= 15 is 0 Å². The quantitative estimate of drug-likeness (QED) is 0.380. The molecule has 152 valence electrons. The molecule has 9 heteroatoms. The fraction of sp³-hybridized carbons (Fsp3) is 0.0909. The van der Waals surface area contributed by atoms with E-state index in [-0.39, 0.29) is 17.3 Å². The number of H-pyrrole nitrogens is 2. The average molecular weight is 412 g/mol. The summed E-state index contributed by atoms with van der Waals surface area (Å²) in [7, 11) is 0. The molecular weight excluding hydrogens is 396 g/mol. The van der Waals surface area contributed by atoms with Crippen molar-refractivity contribution < 1.29 is 4.79 Å². The number of nitrogens with one attached hydrogen (secondary N) is 4. The summed E-state index contributed by atoms with van der Waals surface area (Å²) in [5, 5.41) is 10.8. The summed E-state index contributed by atoms with van der Waals surface area (Å²) in [6.45, 7) is 1.81. The summed E-state index contributed by atoms with van der Waals surface area (Å²) in [6.07, 6.45) is 0. The lowest BCUT2D eigenvalue weighted by Gasteiger charge is -2.34. The van der Waals surface area contributed by atoms with E-state index in [1.165, 1.54) is 0 Å². The maximum Gasteiger partial charge on any atom is 0.327 e. The van der Waals surface area contributed by atoms with Crippen LogP contribution in [0.15, 0.2) is 64.2 Å². The zero-order valence-electron chi connectivity index (χ0n) is 16.3. The molecular formula is C22H16N6O3. The minimum atomic E-state index is -1.46. The minimum absolute atomic E-state index is 0.137. The third-order valence-corrected chi connectivity index (χ3v) is 5.92. The molecule has 31 heavy (non-hydrogen) atoms. The lowest BCUT2D eigenvalue weighted by atomic mass is 9.69. The van der Waals surface area contributed by atoms with Crippen molar-refractivity contribution in [1.29, 1.82) is 0 Å². The molecule has 0 fully saturated rings. The number of rotatable bonds is 1. The van der Waals surface area contributed by atoms with Gasteiger partial charge in [-0.25, -0.2) is 9.48 Å². The largest absolute Gasteiger partial charge is 0.327 e. The number of amides is 1. The third-order valence-electron chi connectivity index (χ3n) is 5.92. The summed E-state index contributed by atoms with van der Waals surface area (Å²) >= 11 is 0. The van der Waals surface area contributed by atoms with Crippen molar-refractivity contribution in [2.75, 3.05) is 10.6 Å². The molecule has 0 aliphatic carbocycles. The number of carbonyl (C=O) groups is 1. The van der Waals surface area contributed by atoms with Crippen LogP contribution >= 0.6 is 0 Å². The number of hydrogen-bond acceptors (Lipinski definition) is 5. The number of aromatic amines is 2. The molecule has 0 bridgehead atoms. The van der Waals surface area contributed by atoms with Crippen LogP contribution in [0.1, 0.15) is 22.4 Å². The van der Waals surface area contributed by atoms with Gasteiger partial charge in [-0.15, -0.1) is 0 Å². The maximum absolute atomic E-state index is 13.6. The van der Waals surface area contributed by atoms with Crippen molar-refractivity contribution in [3.63, 3.8) is 0 Å². The Labute approximate surface area is 174 Å². The number of fused-ring (bicyclic) bond motifs is 6. The van der Waals surface area contributed by atoms with E-state index in [0.717, 1.165) is 5.69 Å². The summed E-state index contributed by atoms with van der Waals surface area (Å²) in [4.78, 5) is 43.7. The van der Waals surface area contributed by atoms with Gasteiger partial charge in [0.2, 0.25) is 5.91 Å². The zero-order chi connectivity index (χ0) is 21.3. The fourth-order valence-corrected chi connectivity index (χ4v) is 4.78. The van der Waals surface area contributed by atoms with Crippen molar-refractivity contribution in [2.24, 2.45) is 0 Å². The van der Waals surface area contributed by atoms with Crippen LogP contribution in [0.2, 0.25) is 0 Å². The summed E-state index contributed by atoms with van der Waals surface area (Å²) < 4.78 is 1.68. The highest BCUT2D eigenvalue weighted by molar-refractivity contribution is 6.14. The lowest BCUT2D eigenvalue weighted by molar-refractivity contribution is -0.118. The Balaban J connectivity index is 1.80. The molecule has 2 aromatic carbocycles. The molecule has 4 aromatic rings. The van der Waals surface area contributed by atoms with E-state index < -0.39 is 16.7 Å². The van der Waals surface area contributed by atoms with Crippen LogP contribution in [0, 0.1) is 6.92 Å². The second-order valence-electron chi connectivity index (χ2n) is 7.59. The first-order chi connectivity index (χ1) is 15.0. The van der Waals surface area contributed by atoms with Crippen molar-refractivity contribution >= 4 is 23.2 Å². The van der Waals surface area contributed by atoms with Gasteiger partial charge in [-0.05, 0) is 25.1 Å².